The van der Waals surface area contributed by atoms with Gasteiger partial charge < -0.3 is 0 Å². The molecule has 0 amide bonds. The predicted molar refractivity (Wildman–Crippen MR) is 153 cm³/mol. The Morgan fingerprint density at radius 2 is 1.03 bits per heavy atom. The van der Waals surface area contributed by atoms with Crippen LogP contribution in [0.4, 0.5) is 11.6 Å². The van der Waals surface area contributed by atoms with Crippen molar-refractivity contribution in [1.82, 2.24) is 8.96 Å². The second kappa shape index (κ2) is 8.70. The van der Waals surface area contributed by atoms with E-state index in [2.05, 4.69) is 86.2 Å². The summed E-state index contributed by atoms with van der Waals surface area (Å²) in [6, 6.07) is 25.4. The number of hydrogen-bond acceptors (Lipinski definition) is 3. The van der Waals surface area contributed by atoms with Crippen LogP contribution in [0.2, 0.25) is 0 Å². The fourth-order valence-corrected chi connectivity index (χ4v) is 5.69. The molecule has 5 aromatic rings. The average molecular weight is 485 g/mol. The highest BCUT2D eigenvalue weighted by molar-refractivity contribution is 6.55. The Balaban J connectivity index is 0.000000395. The number of hydrogen-bond donors (Lipinski definition) is 0. The third-order valence-electron chi connectivity index (χ3n) is 6.92. The van der Waals surface area contributed by atoms with E-state index in [4.69, 9.17) is 15.0 Å². The van der Waals surface area contributed by atoms with Gasteiger partial charge >= 0.3 is 7.12 Å². The van der Waals surface area contributed by atoms with Gasteiger partial charge in [-0.15, -0.1) is 0 Å². The number of rotatable bonds is 0. The highest BCUT2D eigenvalue weighted by Gasteiger charge is 2.53. The van der Waals surface area contributed by atoms with Gasteiger partial charge in [0.1, 0.15) is 11.3 Å². The van der Waals surface area contributed by atoms with Gasteiger partial charge in [-0.25, -0.2) is 9.48 Å². The Hall–Kier alpha value is -4.26. The van der Waals surface area contributed by atoms with Crippen LogP contribution in [0.25, 0.3) is 21.5 Å². The first-order valence-electron chi connectivity index (χ1n) is 13.4. The molecule has 0 unspecified atom stereocenters. The molecule has 9 rings (SSSR count). The van der Waals surface area contributed by atoms with Crippen LogP contribution in [-0.2, 0) is 0 Å². The Morgan fingerprint density at radius 3 is 1.65 bits per heavy atom. The van der Waals surface area contributed by atoms with Crippen LogP contribution in [0, 0.1) is 0 Å². The molecule has 0 spiro atoms. The Kier molecular flexibility index (Phi) is 5.44. The molecule has 4 aliphatic heterocycles. The van der Waals surface area contributed by atoms with Gasteiger partial charge in [0.05, 0.1) is 11.1 Å². The highest BCUT2D eigenvalue weighted by atomic mass is 15.4. The zero-order valence-electron chi connectivity index (χ0n) is 22.2. The molecule has 0 atom stereocenters. The Labute approximate surface area is 216 Å². The van der Waals surface area contributed by atoms with Crippen LogP contribution >= 0.6 is 0 Å². The molecule has 0 bridgehead atoms. The molecule has 2 aromatic heterocycles. The fraction of sp³-hybridized carbons (Fsp3) is 0.200. The minimum Gasteiger partial charge on any atom is -0.283 e. The third-order valence-corrected chi connectivity index (χ3v) is 6.92. The number of amidine groups is 2. The van der Waals surface area contributed by atoms with Crippen molar-refractivity contribution in [1.29, 1.82) is 0 Å². The number of benzene rings is 3. The summed E-state index contributed by atoms with van der Waals surface area (Å²) in [5, 5.41) is 4.55. The molecule has 0 aliphatic carbocycles. The lowest BCUT2D eigenvalue weighted by molar-refractivity contribution is -0.257. The maximum Gasteiger partial charge on any atom is 0.612 e. The summed E-state index contributed by atoms with van der Waals surface area (Å²) in [4.78, 5) is 15.6. The minimum absolute atomic E-state index is 0.0975. The molecule has 4 aliphatic rings. The number of fused-ring (bicyclic) bond motifs is 9. The maximum atomic E-state index is 5.19. The van der Waals surface area contributed by atoms with E-state index in [1.165, 1.54) is 0 Å². The molecule has 37 heavy (non-hydrogen) atoms. The van der Waals surface area contributed by atoms with Gasteiger partial charge in [-0.2, -0.15) is 0 Å². The van der Waals surface area contributed by atoms with Gasteiger partial charge in [-0.1, -0.05) is 100 Å². The molecule has 0 saturated carbocycles. The van der Waals surface area contributed by atoms with Crippen molar-refractivity contribution < 1.29 is 4.49 Å². The lowest BCUT2D eigenvalue weighted by atomic mass is 9.87. The Bertz CT molecular complexity index is 1900. The quantitative estimate of drug-likeness (QED) is 0.248. The highest BCUT2D eigenvalue weighted by Crippen LogP contribution is 2.43. The first kappa shape index (κ1) is 23.2. The van der Waals surface area contributed by atoms with Crippen molar-refractivity contribution in [2.24, 2.45) is 15.0 Å². The minimum atomic E-state index is -0.0975. The molecular weight excluding hydrogens is 455 g/mol. The average Bonchev–Trinajstić information content (AvgIpc) is 3.62. The summed E-state index contributed by atoms with van der Waals surface area (Å²) >= 11 is 0. The molecule has 6 nitrogen and oxygen atoms in total. The van der Waals surface area contributed by atoms with Gasteiger partial charge in [0.15, 0.2) is 0 Å². The monoisotopic (exact) mass is 485 g/mol. The number of nitrogens with zero attached hydrogens (tertiary/aromatic N) is 6. The van der Waals surface area contributed by atoms with Crippen LogP contribution in [-0.4, -0.2) is 32.2 Å². The van der Waals surface area contributed by atoms with Crippen molar-refractivity contribution in [3.05, 3.63) is 94.9 Å². The second-order valence-electron chi connectivity index (χ2n) is 8.37. The zero-order valence-corrected chi connectivity index (χ0v) is 22.2. The lowest BCUT2D eigenvalue weighted by Gasteiger charge is -2.25. The van der Waals surface area contributed by atoms with E-state index in [9.17, 15) is 0 Å². The van der Waals surface area contributed by atoms with E-state index in [0.717, 1.165) is 67.0 Å². The third kappa shape index (κ3) is 2.77. The predicted octanol–water partition coefficient (Wildman–Crippen LogP) is 5.82. The first-order valence-corrected chi connectivity index (χ1v) is 13.4. The SMILES string of the molecule is CC.CC.CC.c1ccc2c(c1)C1=Nc3c4ccccc4c4n3B3n5c(c6ccccc6c5=N4)=NC2=[N+]31. The van der Waals surface area contributed by atoms with Gasteiger partial charge in [0, 0.05) is 21.5 Å². The topological polar surface area (TPSA) is 49.9 Å². The van der Waals surface area contributed by atoms with Crippen LogP contribution in [0.5, 0.6) is 0 Å². The zero-order chi connectivity index (χ0) is 25.8. The van der Waals surface area contributed by atoms with E-state index >= 15 is 0 Å². The van der Waals surface area contributed by atoms with Gasteiger partial charge in [0.25, 0.3) is 11.7 Å². The van der Waals surface area contributed by atoms with E-state index < -0.39 is 0 Å². The largest absolute Gasteiger partial charge is 0.612 e. The summed E-state index contributed by atoms with van der Waals surface area (Å²) in [5.41, 5.74) is 4.22. The summed E-state index contributed by atoms with van der Waals surface area (Å²) in [6.45, 7) is 12.0. The lowest BCUT2D eigenvalue weighted by Crippen LogP contribution is -2.60. The van der Waals surface area contributed by atoms with Crippen LogP contribution in [0.15, 0.2) is 87.8 Å². The van der Waals surface area contributed by atoms with Gasteiger partial charge in [0.2, 0.25) is 11.3 Å². The molecule has 0 fully saturated rings. The second-order valence-corrected chi connectivity index (χ2v) is 8.37. The van der Waals surface area contributed by atoms with Crippen molar-refractivity contribution in [3.8, 4) is 0 Å². The van der Waals surface area contributed by atoms with Crippen molar-refractivity contribution >= 4 is 52.0 Å². The molecule has 7 heteroatoms. The van der Waals surface area contributed by atoms with Crippen molar-refractivity contribution in [2.45, 2.75) is 41.5 Å². The molecule has 0 saturated heterocycles. The first-order chi connectivity index (χ1) is 18.4. The summed E-state index contributed by atoms with van der Waals surface area (Å²) in [6.07, 6.45) is 0. The van der Waals surface area contributed by atoms with Crippen LogP contribution in [0.1, 0.15) is 52.7 Å². The van der Waals surface area contributed by atoms with Crippen LogP contribution in [0.3, 0.4) is 0 Å². The Morgan fingerprint density at radius 1 is 0.541 bits per heavy atom. The summed E-state index contributed by atoms with van der Waals surface area (Å²) in [5.74, 6) is 3.88. The number of aliphatic imine (C=N–C) groups is 1. The van der Waals surface area contributed by atoms with Crippen molar-refractivity contribution in [2.75, 3.05) is 0 Å². The summed E-state index contributed by atoms with van der Waals surface area (Å²) in [7, 11) is -0.0975. The van der Waals surface area contributed by atoms with Crippen LogP contribution < -0.4 is 11.0 Å². The molecule has 6 heterocycles. The normalized spacial score (nSPS) is 14.1. The number of aromatic nitrogens is 2. The van der Waals surface area contributed by atoms with E-state index in [-0.39, 0.29) is 7.12 Å². The van der Waals surface area contributed by atoms with Gasteiger partial charge in [-0.05, 0) is 24.3 Å². The smallest absolute Gasteiger partial charge is 0.283 e. The van der Waals surface area contributed by atoms with E-state index in [1.807, 2.05) is 41.5 Å². The maximum absolute atomic E-state index is 5.19. The standard InChI is InChI=1S/C24H12BN6.3C2H6/c1-2-8-14-13(7-1)19-26-21-15-9-3-4-10-16(15)23-28-24-18-12-6-5-11-17(18)22-27-20(14)29(19)25(30(21)23)31(22)24;3*1-2/h1-12H;3*1-2H3/q+1;;;. The molecule has 0 radical (unpaired) electrons. The van der Waals surface area contributed by atoms with E-state index in [1.54, 1.807) is 0 Å². The molecular formula is C30H30BN6+. The van der Waals surface area contributed by atoms with Gasteiger partial charge in [-0.3, -0.25) is 8.96 Å². The molecule has 182 valence electrons. The van der Waals surface area contributed by atoms with Crippen molar-refractivity contribution in [3.63, 3.8) is 0 Å². The fourth-order valence-electron chi connectivity index (χ4n) is 5.69. The molecule has 3 aromatic carbocycles. The summed E-state index contributed by atoms with van der Waals surface area (Å²) < 4.78 is 6.85. The molecule has 0 N–H and O–H groups in total. The van der Waals surface area contributed by atoms with E-state index in [0.29, 0.717) is 0 Å².